The van der Waals surface area contributed by atoms with Crippen LogP contribution in [0, 0.1) is 5.41 Å². The fraction of sp³-hybridized carbons (Fsp3) is 0.900. The van der Waals surface area contributed by atoms with Crippen molar-refractivity contribution in [3.05, 3.63) is 0 Å². The van der Waals surface area contributed by atoms with Gasteiger partial charge in [-0.05, 0) is 34.1 Å². The van der Waals surface area contributed by atoms with Crippen LogP contribution in [-0.4, -0.2) is 17.3 Å². The molecular weight excluding hydrogens is 186 g/mol. The standard InChI is InChI=1S/C10H20ClNO/c1-6-10(4,5)12-8(13)9(2,3)7-11/h6-7H2,1-5H3,(H,12,13). The second-order valence-corrected chi connectivity index (χ2v) is 4.98. The molecule has 0 fully saturated rings. The summed E-state index contributed by atoms with van der Waals surface area (Å²) in [6.07, 6.45) is 0.914. The predicted octanol–water partition coefficient (Wildman–Crippen LogP) is 2.56. The summed E-state index contributed by atoms with van der Waals surface area (Å²) in [7, 11) is 0. The van der Waals surface area contributed by atoms with Crippen LogP contribution in [0.1, 0.15) is 41.0 Å². The maximum Gasteiger partial charge on any atom is 0.227 e. The van der Waals surface area contributed by atoms with Gasteiger partial charge in [-0.2, -0.15) is 0 Å². The van der Waals surface area contributed by atoms with Crippen molar-refractivity contribution in [3.63, 3.8) is 0 Å². The Kier molecular flexibility index (Phi) is 4.24. The topological polar surface area (TPSA) is 29.1 Å². The number of nitrogens with one attached hydrogen (secondary N) is 1. The lowest BCUT2D eigenvalue weighted by Gasteiger charge is -2.30. The molecule has 1 amide bonds. The molecule has 0 radical (unpaired) electrons. The molecule has 2 nitrogen and oxygen atoms in total. The molecule has 0 atom stereocenters. The van der Waals surface area contributed by atoms with Crippen LogP contribution in [0.15, 0.2) is 0 Å². The third-order valence-electron chi connectivity index (χ3n) is 2.28. The summed E-state index contributed by atoms with van der Waals surface area (Å²) in [4.78, 5) is 11.7. The normalized spacial score (nSPS) is 12.8. The average Bonchev–Trinajstić information content (AvgIpc) is 2.04. The van der Waals surface area contributed by atoms with E-state index in [1.807, 2.05) is 34.6 Å². The number of hydrogen-bond acceptors (Lipinski definition) is 1. The number of rotatable bonds is 4. The van der Waals surface area contributed by atoms with Gasteiger partial charge in [-0.1, -0.05) is 6.92 Å². The van der Waals surface area contributed by atoms with Crippen LogP contribution in [0.3, 0.4) is 0 Å². The van der Waals surface area contributed by atoms with Gasteiger partial charge in [0.05, 0.1) is 5.41 Å². The molecule has 0 aliphatic heterocycles. The molecular formula is C10H20ClNO. The number of alkyl halides is 1. The van der Waals surface area contributed by atoms with Crippen LogP contribution in [0.5, 0.6) is 0 Å². The molecule has 0 aromatic carbocycles. The second-order valence-electron chi connectivity index (χ2n) is 4.71. The average molecular weight is 206 g/mol. The van der Waals surface area contributed by atoms with E-state index in [1.165, 1.54) is 0 Å². The highest BCUT2D eigenvalue weighted by Crippen LogP contribution is 2.19. The van der Waals surface area contributed by atoms with Gasteiger partial charge in [0.1, 0.15) is 0 Å². The lowest BCUT2D eigenvalue weighted by molar-refractivity contribution is -0.130. The fourth-order valence-electron chi connectivity index (χ4n) is 0.626. The Morgan fingerprint density at radius 1 is 1.31 bits per heavy atom. The van der Waals surface area contributed by atoms with E-state index in [-0.39, 0.29) is 11.4 Å². The molecule has 1 N–H and O–H groups in total. The van der Waals surface area contributed by atoms with Gasteiger partial charge in [-0.3, -0.25) is 4.79 Å². The van der Waals surface area contributed by atoms with Crippen molar-refractivity contribution in [3.8, 4) is 0 Å². The molecule has 0 saturated carbocycles. The van der Waals surface area contributed by atoms with Crippen molar-refractivity contribution in [2.45, 2.75) is 46.6 Å². The van der Waals surface area contributed by atoms with Gasteiger partial charge in [0.25, 0.3) is 0 Å². The third-order valence-corrected chi connectivity index (χ3v) is 2.95. The van der Waals surface area contributed by atoms with Gasteiger partial charge in [0, 0.05) is 11.4 Å². The number of amides is 1. The Labute approximate surface area is 86.0 Å². The van der Waals surface area contributed by atoms with Crippen LogP contribution in [0.2, 0.25) is 0 Å². The smallest absolute Gasteiger partial charge is 0.227 e. The molecule has 0 bridgehead atoms. The van der Waals surface area contributed by atoms with E-state index < -0.39 is 5.41 Å². The summed E-state index contributed by atoms with van der Waals surface area (Å²) in [6, 6.07) is 0. The summed E-state index contributed by atoms with van der Waals surface area (Å²) in [5, 5.41) is 2.97. The lowest BCUT2D eigenvalue weighted by Crippen LogP contribution is -2.49. The minimum Gasteiger partial charge on any atom is -0.351 e. The van der Waals surface area contributed by atoms with E-state index in [0.717, 1.165) is 6.42 Å². The summed E-state index contributed by atoms with van der Waals surface area (Å²) >= 11 is 5.70. The van der Waals surface area contributed by atoms with Crippen molar-refractivity contribution in [1.82, 2.24) is 5.32 Å². The van der Waals surface area contributed by atoms with E-state index in [2.05, 4.69) is 5.32 Å². The summed E-state index contributed by atoms with van der Waals surface area (Å²) in [6.45, 7) is 9.76. The zero-order chi connectivity index (χ0) is 10.7. The lowest BCUT2D eigenvalue weighted by atomic mass is 9.92. The molecule has 0 rings (SSSR count). The van der Waals surface area contributed by atoms with Crippen LogP contribution < -0.4 is 5.32 Å². The Bertz CT molecular complexity index is 187. The van der Waals surface area contributed by atoms with Crippen molar-refractivity contribution < 1.29 is 4.79 Å². The SMILES string of the molecule is CCC(C)(C)NC(=O)C(C)(C)CCl. The minimum atomic E-state index is -0.478. The van der Waals surface area contributed by atoms with Crippen molar-refractivity contribution in [1.29, 1.82) is 0 Å². The Morgan fingerprint density at radius 2 is 1.77 bits per heavy atom. The molecule has 0 aromatic heterocycles. The Hall–Kier alpha value is -0.240. The number of carbonyl (C=O) groups is 1. The third kappa shape index (κ3) is 3.99. The largest absolute Gasteiger partial charge is 0.351 e. The van der Waals surface area contributed by atoms with E-state index in [1.54, 1.807) is 0 Å². The predicted molar refractivity (Wildman–Crippen MR) is 57.0 cm³/mol. The highest BCUT2D eigenvalue weighted by atomic mass is 35.5. The van der Waals surface area contributed by atoms with E-state index in [4.69, 9.17) is 11.6 Å². The highest BCUT2D eigenvalue weighted by molar-refractivity contribution is 6.19. The van der Waals surface area contributed by atoms with Gasteiger partial charge < -0.3 is 5.32 Å². The Morgan fingerprint density at radius 3 is 2.08 bits per heavy atom. The molecule has 3 heteroatoms. The van der Waals surface area contributed by atoms with Gasteiger partial charge in [-0.15, -0.1) is 11.6 Å². The second kappa shape index (κ2) is 4.32. The quantitative estimate of drug-likeness (QED) is 0.703. The minimum absolute atomic E-state index is 0.0225. The first-order valence-corrected chi connectivity index (χ1v) is 5.17. The highest BCUT2D eigenvalue weighted by Gasteiger charge is 2.30. The van der Waals surface area contributed by atoms with Crippen LogP contribution in [-0.2, 0) is 4.79 Å². The molecule has 0 aliphatic carbocycles. The maximum absolute atomic E-state index is 11.7. The molecule has 0 aromatic rings. The zero-order valence-electron chi connectivity index (χ0n) is 9.20. The summed E-state index contributed by atoms with van der Waals surface area (Å²) < 4.78 is 0. The first-order chi connectivity index (χ1) is 5.75. The maximum atomic E-state index is 11.7. The van der Waals surface area contributed by atoms with Gasteiger partial charge in [0.2, 0.25) is 5.91 Å². The van der Waals surface area contributed by atoms with Crippen LogP contribution in [0.4, 0.5) is 0 Å². The molecule has 0 aliphatic rings. The molecule has 0 heterocycles. The van der Waals surface area contributed by atoms with Crippen molar-refractivity contribution in [2.24, 2.45) is 5.41 Å². The number of hydrogen-bond donors (Lipinski definition) is 1. The molecule has 13 heavy (non-hydrogen) atoms. The first-order valence-electron chi connectivity index (χ1n) is 4.64. The monoisotopic (exact) mass is 205 g/mol. The molecule has 0 saturated heterocycles. The fourth-order valence-corrected chi connectivity index (χ4v) is 0.747. The number of carbonyl (C=O) groups excluding carboxylic acids is 1. The Balaban J connectivity index is 4.31. The van der Waals surface area contributed by atoms with Gasteiger partial charge in [-0.25, -0.2) is 0 Å². The summed E-state index contributed by atoms with van der Waals surface area (Å²) in [5.74, 6) is 0.368. The van der Waals surface area contributed by atoms with Crippen molar-refractivity contribution in [2.75, 3.05) is 5.88 Å². The van der Waals surface area contributed by atoms with Gasteiger partial charge in [0.15, 0.2) is 0 Å². The first kappa shape index (κ1) is 12.8. The van der Waals surface area contributed by atoms with Gasteiger partial charge >= 0.3 is 0 Å². The van der Waals surface area contributed by atoms with Crippen LogP contribution in [0.25, 0.3) is 0 Å². The zero-order valence-corrected chi connectivity index (χ0v) is 9.96. The van der Waals surface area contributed by atoms with E-state index >= 15 is 0 Å². The molecule has 78 valence electrons. The van der Waals surface area contributed by atoms with E-state index in [9.17, 15) is 4.79 Å². The summed E-state index contributed by atoms with van der Waals surface area (Å²) in [5.41, 5.74) is -0.617. The van der Waals surface area contributed by atoms with E-state index in [0.29, 0.717) is 5.88 Å². The van der Waals surface area contributed by atoms with Crippen molar-refractivity contribution >= 4 is 17.5 Å². The number of halogens is 1. The molecule has 0 spiro atoms. The van der Waals surface area contributed by atoms with Crippen LogP contribution >= 0.6 is 11.6 Å². The molecule has 0 unspecified atom stereocenters.